The van der Waals surface area contributed by atoms with Gasteiger partial charge in [-0.05, 0) is 51.3 Å². The molecule has 5 nitrogen and oxygen atoms in total. The van der Waals surface area contributed by atoms with Gasteiger partial charge in [0.2, 0.25) is 0 Å². The highest BCUT2D eigenvalue weighted by atomic mass is 32.1. The number of H-pyrrole nitrogens is 1. The van der Waals surface area contributed by atoms with Crippen molar-refractivity contribution in [3.05, 3.63) is 61.0 Å². The third kappa shape index (κ3) is 3.22. The highest BCUT2D eigenvalue weighted by molar-refractivity contribution is 7.18. The zero-order valence-corrected chi connectivity index (χ0v) is 15.8. The molecular formula is C19H20N2O3S. The molecule has 3 aromatic rings. The molecule has 0 bridgehead atoms. The van der Waals surface area contributed by atoms with Gasteiger partial charge in [-0.3, -0.25) is 4.79 Å². The normalized spacial score (nSPS) is 11.1. The molecule has 0 fully saturated rings. The monoisotopic (exact) mass is 356 g/mol. The fourth-order valence-corrected chi connectivity index (χ4v) is 4.12. The van der Waals surface area contributed by atoms with E-state index in [-0.39, 0.29) is 12.2 Å². The van der Waals surface area contributed by atoms with Gasteiger partial charge in [0.25, 0.3) is 5.56 Å². The zero-order chi connectivity index (χ0) is 18.3. The Morgan fingerprint density at radius 3 is 2.44 bits per heavy atom. The summed E-state index contributed by atoms with van der Waals surface area (Å²) < 4.78 is 5.39. The maximum atomic E-state index is 12.4. The molecule has 0 aliphatic rings. The van der Waals surface area contributed by atoms with Gasteiger partial charge >= 0.3 is 5.97 Å². The molecule has 0 radical (unpaired) electrons. The molecule has 25 heavy (non-hydrogen) atoms. The van der Waals surface area contributed by atoms with Crippen LogP contribution in [0, 0.1) is 34.6 Å². The summed E-state index contributed by atoms with van der Waals surface area (Å²) in [5, 5.41) is 0.614. The number of rotatable bonds is 3. The lowest BCUT2D eigenvalue weighted by atomic mass is 10.00. The summed E-state index contributed by atoms with van der Waals surface area (Å²) in [6, 6.07) is 3.90. The van der Waals surface area contributed by atoms with E-state index in [2.05, 4.69) is 9.97 Å². The number of aromatic nitrogens is 2. The molecule has 0 aliphatic carbocycles. The second kappa shape index (κ2) is 6.44. The maximum absolute atomic E-state index is 12.4. The second-order valence-electron chi connectivity index (χ2n) is 6.33. The molecule has 0 aliphatic heterocycles. The minimum absolute atomic E-state index is 0.0627. The number of hydrogen-bond acceptors (Lipinski definition) is 5. The van der Waals surface area contributed by atoms with Gasteiger partial charge in [0, 0.05) is 4.88 Å². The third-order valence-corrected chi connectivity index (χ3v) is 5.41. The summed E-state index contributed by atoms with van der Waals surface area (Å²) in [4.78, 5) is 33.6. The first-order valence-corrected chi connectivity index (χ1v) is 8.83. The van der Waals surface area contributed by atoms with Crippen molar-refractivity contribution >= 4 is 27.5 Å². The van der Waals surface area contributed by atoms with Gasteiger partial charge in [-0.2, -0.15) is 0 Å². The number of fused-ring (bicyclic) bond motifs is 1. The van der Waals surface area contributed by atoms with Crippen LogP contribution in [0.1, 0.15) is 43.3 Å². The van der Waals surface area contributed by atoms with E-state index in [1.165, 1.54) is 11.3 Å². The summed E-state index contributed by atoms with van der Waals surface area (Å²) in [7, 11) is 0. The third-order valence-electron chi connectivity index (χ3n) is 4.31. The van der Waals surface area contributed by atoms with Crippen molar-refractivity contribution in [1.82, 2.24) is 9.97 Å². The van der Waals surface area contributed by atoms with Crippen LogP contribution in [0.15, 0.2) is 16.9 Å². The number of ether oxygens (including phenoxy) is 1. The molecule has 2 heterocycles. The minimum Gasteiger partial charge on any atom is -0.454 e. The molecule has 2 aromatic heterocycles. The fraction of sp³-hybridized carbons (Fsp3) is 0.316. The number of aromatic amines is 1. The van der Waals surface area contributed by atoms with Crippen molar-refractivity contribution in [2.24, 2.45) is 0 Å². The second-order valence-corrected chi connectivity index (χ2v) is 7.53. The Morgan fingerprint density at radius 2 is 1.80 bits per heavy atom. The summed E-state index contributed by atoms with van der Waals surface area (Å²) >= 11 is 1.47. The van der Waals surface area contributed by atoms with Crippen LogP contribution in [0.3, 0.4) is 0 Å². The molecule has 3 rings (SSSR count). The molecule has 0 unspecified atom stereocenters. The molecule has 130 valence electrons. The highest BCUT2D eigenvalue weighted by Crippen LogP contribution is 2.25. The Morgan fingerprint density at radius 1 is 1.16 bits per heavy atom. The van der Waals surface area contributed by atoms with Crippen molar-refractivity contribution in [2.45, 2.75) is 41.2 Å². The van der Waals surface area contributed by atoms with E-state index < -0.39 is 5.97 Å². The van der Waals surface area contributed by atoms with Crippen LogP contribution in [-0.4, -0.2) is 15.9 Å². The van der Waals surface area contributed by atoms with Crippen molar-refractivity contribution in [3.8, 4) is 0 Å². The topological polar surface area (TPSA) is 72.0 Å². The Hall–Kier alpha value is -2.47. The van der Waals surface area contributed by atoms with Gasteiger partial charge in [0.1, 0.15) is 17.3 Å². The number of thiophene rings is 1. The SMILES string of the molecule is Cc1cc(C)c(C(=O)OCc2nc3sc(C)c(C)c3c(=O)[nH]2)c(C)c1. The number of hydrogen-bond donors (Lipinski definition) is 1. The van der Waals surface area contributed by atoms with Crippen molar-refractivity contribution < 1.29 is 9.53 Å². The summed E-state index contributed by atoms with van der Waals surface area (Å²) in [6.45, 7) is 9.58. The van der Waals surface area contributed by atoms with Crippen LogP contribution in [0.5, 0.6) is 0 Å². The molecule has 1 aromatic carbocycles. The molecule has 1 N–H and O–H groups in total. The Labute approximate surface area is 149 Å². The van der Waals surface area contributed by atoms with E-state index in [1.807, 2.05) is 46.8 Å². The first kappa shape index (κ1) is 17.4. The maximum Gasteiger partial charge on any atom is 0.339 e. The van der Waals surface area contributed by atoms with Gasteiger partial charge in [-0.15, -0.1) is 11.3 Å². The van der Waals surface area contributed by atoms with Crippen LogP contribution in [0.25, 0.3) is 10.2 Å². The molecule has 6 heteroatoms. The number of nitrogens with one attached hydrogen (secondary N) is 1. The fourth-order valence-electron chi connectivity index (χ4n) is 3.08. The number of benzene rings is 1. The Balaban J connectivity index is 1.86. The van der Waals surface area contributed by atoms with Gasteiger partial charge in [-0.1, -0.05) is 17.7 Å². The van der Waals surface area contributed by atoms with Gasteiger partial charge in [-0.25, -0.2) is 9.78 Å². The van der Waals surface area contributed by atoms with E-state index in [0.717, 1.165) is 27.1 Å². The smallest absolute Gasteiger partial charge is 0.339 e. The number of carbonyl (C=O) groups is 1. The molecule has 0 saturated heterocycles. The number of esters is 1. The lowest BCUT2D eigenvalue weighted by Crippen LogP contribution is -2.15. The average molecular weight is 356 g/mol. The first-order chi connectivity index (χ1) is 11.8. The number of aryl methyl sites for hydroxylation is 5. The van der Waals surface area contributed by atoms with Crippen molar-refractivity contribution in [2.75, 3.05) is 0 Å². The standard InChI is InChI=1S/C19H20N2O3S/c1-9-6-10(2)15(11(3)7-9)19(23)24-8-14-20-17(22)16-12(4)13(5)25-18(16)21-14/h6-7H,8H2,1-5H3,(H,20,21,22). The quantitative estimate of drug-likeness (QED) is 0.723. The summed E-state index contributed by atoms with van der Waals surface area (Å²) in [5.41, 5.74) is 4.18. The van der Waals surface area contributed by atoms with E-state index in [9.17, 15) is 9.59 Å². The minimum atomic E-state index is -0.406. The molecule has 0 saturated carbocycles. The van der Waals surface area contributed by atoms with Crippen LogP contribution < -0.4 is 5.56 Å². The molecule has 0 spiro atoms. The Bertz CT molecular complexity index is 1020. The van der Waals surface area contributed by atoms with E-state index in [4.69, 9.17) is 4.74 Å². The number of nitrogens with zero attached hydrogens (tertiary/aromatic N) is 1. The average Bonchev–Trinajstić information content (AvgIpc) is 2.79. The largest absolute Gasteiger partial charge is 0.454 e. The first-order valence-electron chi connectivity index (χ1n) is 8.01. The molecule has 0 amide bonds. The van der Waals surface area contributed by atoms with E-state index in [1.54, 1.807) is 0 Å². The van der Waals surface area contributed by atoms with Gasteiger partial charge < -0.3 is 9.72 Å². The van der Waals surface area contributed by atoms with Gasteiger partial charge in [0.05, 0.1) is 10.9 Å². The summed E-state index contributed by atoms with van der Waals surface area (Å²) in [5.74, 6) is -0.0502. The highest BCUT2D eigenvalue weighted by Gasteiger charge is 2.16. The number of carbonyl (C=O) groups excluding carboxylic acids is 1. The Kier molecular flexibility index (Phi) is 4.47. The lowest BCUT2D eigenvalue weighted by Gasteiger charge is -2.11. The predicted octanol–water partition coefficient (Wildman–Crippen LogP) is 3.88. The van der Waals surface area contributed by atoms with E-state index >= 15 is 0 Å². The van der Waals surface area contributed by atoms with Crippen LogP contribution in [-0.2, 0) is 11.3 Å². The van der Waals surface area contributed by atoms with Crippen molar-refractivity contribution in [3.63, 3.8) is 0 Å². The lowest BCUT2D eigenvalue weighted by molar-refractivity contribution is 0.0460. The van der Waals surface area contributed by atoms with Crippen LogP contribution in [0.4, 0.5) is 0 Å². The van der Waals surface area contributed by atoms with Crippen LogP contribution >= 0.6 is 11.3 Å². The van der Waals surface area contributed by atoms with Gasteiger partial charge in [0.15, 0.2) is 0 Å². The zero-order valence-electron chi connectivity index (χ0n) is 14.9. The predicted molar refractivity (Wildman–Crippen MR) is 99.5 cm³/mol. The summed E-state index contributed by atoms with van der Waals surface area (Å²) in [6.07, 6.45) is 0. The van der Waals surface area contributed by atoms with Crippen molar-refractivity contribution in [1.29, 1.82) is 0 Å². The van der Waals surface area contributed by atoms with Crippen LogP contribution in [0.2, 0.25) is 0 Å². The molecular weight excluding hydrogens is 336 g/mol. The molecule has 0 atom stereocenters. The van der Waals surface area contributed by atoms with E-state index in [0.29, 0.717) is 21.6 Å².